The predicted molar refractivity (Wildman–Crippen MR) is 88.9 cm³/mol. The van der Waals surface area contributed by atoms with Crippen LogP contribution in [-0.2, 0) is 0 Å². The Labute approximate surface area is 125 Å². The van der Waals surface area contributed by atoms with Gasteiger partial charge >= 0.3 is 0 Å². The molecule has 2 aromatic heterocycles. The topological polar surface area (TPSA) is 41.1 Å². The van der Waals surface area contributed by atoms with Crippen molar-refractivity contribution in [3.8, 4) is 0 Å². The molecule has 0 saturated carbocycles. The Morgan fingerprint density at radius 3 is 2.85 bits per heavy atom. The summed E-state index contributed by atoms with van der Waals surface area (Å²) in [4.78, 5) is 12.6. The highest BCUT2D eigenvalue weighted by Crippen LogP contribution is 2.28. The van der Waals surface area contributed by atoms with E-state index in [1.165, 1.54) is 6.42 Å². The van der Waals surface area contributed by atoms with Crippen LogP contribution in [-0.4, -0.2) is 30.1 Å². The Balaban J connectivity index is 2.26. The first kappa shape index (κ1) is 15.0. The summed E-state index contributed by atoms with van der Waals surface area (Å²) < 4.78 is 0. The minimum absolute atomic E-state index is 0.704. The first-order valence-electron chi connectivity index (χ1n) is 7.32. The van der Waals surface area contributed by atoms with Crippen LogP contribution in [0.15, 0.2) is 11.4 Å². The van der Waals surface area contributed by atoms with E-state index >= 15 is 0 Å². The van der Waals surface area contributed by atoms with Crippen LogP contribution < -0.4 is 10.2 Å². The molecule has 0 radical (unpaired) electrons. The summed E-state index contributed by atoms with van der Waals surface area (Å²) >= 11 is 1.67. The fourth-order valence-electron chi connectivity index (χ4n) is 2.00. The highest BCUT2D eigenvalue weighted by atomic mass is 32.1. The Kier molecular flexibility index (Phi) is 5.17. The molecule has 0 aliphatic rings. The summed E-state index contributed by atoms with van der Waals surface area (Å²) in [5.74, 6) is 2.48. The second-order valence-electron chi connectivity index (χ2n) is 5.54. The molecule has 0 atom stereocenters. The third-order valence-corrected chi connectivity index (χ3v) is 4.05. The quantitative estimate of drug-likeness (QED) is 0.837. The number of hydrogen-bond donors (Lipinski definition) is 1. The zero-order valence-electron chi connectivity index (χ0n) is 12.8. The first-order valence-corrected chi connectivity index (χ1v) is 8.20. The lowest BCUT2D eigenvalue weighted by molar-refractivity contribution is 0.584. The number of anilines is 2. The van der Waals surface area contributed by atoms with Crippen LogP contribution in [0.5, 0.6) is 0 Å². The van der Waals surface area contributed by atoms with Gasteiger partial charge in [0, 0.05) is 20.1 Å². The summed E-state index contributed by atoms with van der Waals surface area (Å²) in [5.41, 5.74) is 0. The Bertz CT molecular complexity index is 550. The Hall–Kier alpha value is -1.36. The van der Waals surface area contributed by atoms with E-state index in [2.05, 4.69) is 54.5 Å². The summed E-state index contributed by atoms with van der Waals surface area (Å²) in [7, 11) is 2.12. The lowest BCUT2D eigenvalue weighted by Gasteiger charge is -2.20. The molecule has 20 heavy (non-hydrogen) atoms. The molecule has 0 spiro atoms. The van der Waals surface area contributed by atoms with Crippen molar-refractivity contribution in [1.29, 1.82) is 0 Å². The number of rotatable bonds is 7. The fourth-order valence-corrected chi connectivity index (χ4v) is 2.76. The van der Waals surface area contributed by atoms with Gasteiger partial charge in [-0.1, -0.05) is 20.8 Å². The molecule has 0 fully saturated rings. The maximum atomic E-state index is 4.70. The molecule has 0 aliphatic heterocycles. The molecule has 0 aromatic carbocycles. The van der Waals surface area contributed by atoms with E-state index in [4.69, 9.17) is 4.98 Å². The average Bonchev–Trinajstić information content (AvgIpc) is 2.89. The van der Waals surface area contributed by atoms with Gasteiger partial charge in [-0.2, -0.15) is 4.98 Å². The summed E-state index contributed by atoms with van der Waals surface area (Å²) in [6.45, 7) is 8.58. The largest absolute Gasteiger partial charge is 0.359 e. The molecule has 0 unspecified atom stereocenters. The van der Waals surface area contributed by atoms with E-state index < -0.39 is 0 Å². The van der Waals surface area contributed by atoms with Crippen molar-refractivity contribution in [2.24, 2.45) is 5.92 Å². The number of aromatic nitrogens is 2. The van der Waals surface area contributed by atoms with Gasteiger partial charge in [-0.05, 0) is 30.2 Å². The average molecular weight is 292 g/mol. The Morgan fingerprint density at radius 1 is 1.35 bits per heavy atom. The van der Waals surface area contributed by atoms with E-state index in [0.29, 0.717) is 5.92 Å². The SMILES string of the molecule is CCCNc1nc(N(C)CCC(C)C)c2ccsc2n1. The maximum Gasteiger partial charge on any atom is 0.226 e. The monoisotopic (exact) mass is 292 g/mol. The summed E-state index contributed by atoms with van der Waals surface area (Å²) in [6, 6.07) is 2.12. The van der Waals surface area contributed by atoms with Gasteiger partial charge < -0.3 is 10.2 Å². The first-order chi connectivity index (χ1) is 9.61. The van der Waals surface area contributed by atoms with Crippen molar-refractivity contribution in [1.82, 2.24) is 9.97 Å². The zero-order valence-corrected chi connectivity index (χ0v) is 13.6. The second-order valence-corrected chi connectivity index (χ2v) is 6.44. The van der Waals surface area contributed by atoms with E-state index in [1.54, 1.807) is 11.3 Å². The third kappa shape index (κ3) is 3.60. The van der Waals surface area contributed by atoms with Gasteiger partial charge in [0.05, 0.1) is 5.39 Å². The molecule has 2 heterocycles. The lowest BCUT2D eigenvalue weighted by atomic mass is 10.1. The molecule has 0 amide bonds. The van der Waals surface area contributed by atoms with Gasteiger partial charge in [0.2, 0.25) is 5.95 Å². The number of nitrogens with one attached hydrogen (secondary N) is 1. The van der Waals surface area contributed by atoms with Crippen molar-refractivity contribution in [2.75, 3.05) is 30.4 Å². The molecule has 2 aromatic rings. The number of nitrogens with zero attached hydrogens (tertiary/aromatic N) is 3. The lowest BCUT2D eigenvalue weighted by Crippen LogP contribution is -2.22. The van der Waals surface area contributed by atoms with Crippen LogP contribution in [0, 0.1) is 5.92 Å². The zero-order chi connectivity index (χ0) is 14.5. The highest BCUT2D eigenvalue weighted by Gasteiger charge is 2.12. The molecule has 1 N–H and O–H groups in total. The van der Waals surface area contributed by atoms with Crippen LogP contribution in [0.25, 0.3) is 10.2 Å². The van der Waals surface area contributed by atoms with Gasteiger partial charge in [-0.15, -0.1) is 11.3 Å². The molecule has 4 nitrogen and oxygen atoms in total. The van der Waals surface area contributed by atoms with Crippen LogP contribution in [0.2, 0.25) is 0 Å². The predicted octanol–water partition coefficient (Wildman–Crippen LogP) is 4.00. The molecule has 110 valence electrons. The van der Waals surface area contributed by atoms with Gasteiger partial charge in [0.1, 0.15) is 10.6 Å². The molecule has 0 saturated heterocycles. The van der Waals surface area contributed by atoms with Crippen molar-refractivity contribution in [2.45, 2.75) is 33.6 Å². The molecule has 0 bridgehead atoms. The van der Waals surface area contributed by atoms with Crippen LogP contribution in [0.4, 0.5) is 11.8 Å². The van der Waals surface area contributed by atoms with Crippen molar-refractivity contribution >= 4 is 33.3 Å². The normalized spacial score (nSPS) is 11.2. The van der Waals surface area contributed by atoms with Crippen LogP contribution in [0.1, 0.15) is 33.6 Å². The second kappa shape index (κ2) is 6.88. The van der Waals surface area contributed by atoms with E-state index in [1.807, 2.05) is 0 Å². The Morgan fingerprint density at radius 2 is 2.15 bits per heavy atom. The molecule has 5 heteroatoms. The van der Waals surface area contributed by atoms with E-state index in [0.717, 1.165) is 41.5 Å². The van der Waals surface area contributed by atoms with Gasteiger partial charge in [-0.25, -0.2) is 4.98 Å². The summed E-state index contributed by atoms with van der Waals surface area (Å²) in [6.07, 6.45) is 2.24. The van der Waals surface area contributed by atoms with Crippen molar-refractivity contribution in [3.05, 3.63) is 11.4 Å². The number of fused-ring (bicyclic) bond motifs is 1. The van der Waals surface area contributed by atoms with Crippen LogP contribution in [0.3, 0.4) is 0 Å². The molecular weight excluding hydrogens is 268 g/mol. The standard InChI is InChI=1S/C15H24N4S/c1-5-8-16-15-17-13(19(4)9-6-11(2)3)12-7-10-20-14(12)18-15/h7,10-11H,5-6,8-9H2,1-4H3,(H,16,17,18). The molecule has 2 rings (SSSR count). The van der Waals surface area contributed by atoms with Gasteiger partial charge in [-0.3, -0.25) is 0 Å². The molecular formula is C15H24N4S. The maximum absolute atomic E-state index is 4.70. The minimum atomic E-state index is 0.704. The smallest absolute Gasteiger partial charge is 0.226 e. The molecule has 0 aliphatic carbocycles. The van der Waals surface area contributed by atoms with Crippen LogP contribution >= 0.6 is 11.3 Å². The van der Waals surface area contributed by atoms with Gasteiger partial charge in [0.15, 0.2) is 0 Å². The van der Waals surface area contributed by atoms with E-state index in [9.17, 15) is 0 Å². The van der Waals surface area contributed by atoms with Crippen molar-refractivity contribution in [3.63, 3.8) is 0 Å². The van der Waals surface area contributed by atoms with Gasteiger partial charge in [0.25, 0.3) is 0 Å². The minimum Gasteiger partial charge on any atom is -0.359 e. The number of thiophene rings is 1. The van der Waals surface area contributed by atoms with Crippen molar-refractivity contribution < 1.29 is 0 Å². The van der Waals surface area contributed by atoms with E-state index in [-0.39, 0.29) is 0 Å². The fraction of sp³-hybridized carbons (Fsp3) is 0.600. The third-order valence-electron chi connectivity index (χ3n) is 3.24. The number of hydrogen-bond acceptors (Lipinski definition) is 5. The summed E-state index contributed by atoms with van der Waals surface area (Å²) in [5, 5.41) is 6.54. The highest BCUT2D eigenvalue weighted by molar-refractivity contribution is 7.16.